The average Bonchev–Trinajstić information content (AvgIpc) is 2.46. The van der Waals surface area contributed by atoms with E-state index >= 15 is 0 Å². The first kappa shape index (κ1) is 13.9. The Bertz CT molecular complexity index is 646. The van der Waals surface area contributed by atoms with Crippen LogP contribution in [0.25, 0.3) is 0 Å². The summed E-state index contributed by atoms with van der Waals surface area (Å²) in [5, 5.41) is 8.39. The zero-order chi connectivity index (χ0) is 14.5. The van der Waals surface area contributed by atoms with E-state index in [-0.39, 0.29) is 5.97 Å². The third kappa shape index (κ3) is 3.29. The van der Waals surface area contributed by atoms with Crippen LogP contribution in [0.5, 0.6) is 0 Å². The van der Waals surface area contributed by atoms with Crippen LogP contribution in [0.1, 0.15) is 21.5 Å². The molecule has 0 aliphatic heterocycles. The maximum atomic E-state index is 11.4. The van der Waals surface area contributed by atoms with Gasteiger partial charge in [-0.05, 0) is 49.7 Å². The fourth-order valence-corrected chi connectivity index (χ4v) is 1.74. The maximum Gasteiger partial charge on any atom is 0.337 e. The molecule has 0 aliphatic carbocycles. The zero-order valence-corrected chi connectivity index (χ0v) is 11.8. The smallest absolute Gasteiger partial charge is 0.337 e. The van der Waals surface area contributed by atoms with Crippen molar-refractivity contribution in [3.63, 3.8) is 0 Å². The van der Waals surface area contributed by atoms with Gasteiger partial charge in [0.1, 0.15) is 0 Å². The van der Waals surface area contributed by atoms with Crippen molar-refractivity contribution in [3.05, 3.63) is 59.2 Å². The average molecular weight is 268 g/mol. The highest BCUT2D eigenvalue weighted by molar-refractivity contribution is 5.90. The van der Waals surface area contributed by atoms with E-state index in [9.17, 15) is 4.79 Å². The van der Waals surface area contributed by atoms with Gasteiger partial charge in [-0.2, -0.15) is 10.2 Å². The fourth-order valence-electron chi connectivity index (χ4n) is 1.74. The van der Waals surface area contributed by atoms with Crippen molar-refractivity contribution in [2.75, 3.05) is 7.11 Å². The molecule has 102 valence electrons. The van der Waals surface area contributed by atoms with Gasteiger partial charge in [0.2, 0.25) is 0 Å². The van der Waals surface area contributed by atoms with E-state index in [0.717, 1.165) is 16.9 Å². The molecule has 0 amide bonds. The van der Waals surface area contributed by atoms with Crippen LogP contribution in [0.15, 0.2) is 52.7 Å². The summed E-state index contributed by atoms with van der Waals surface area (Å²) in [5.41, 5.74) is 4.11. The predicted molar refractivity (Wildman–Crippen MR) is 77.9 cm³/mol. The SMILES string of the molecule is COC(=O)c1ccc(N=Nc2ccc(C)cc2)c(C)c1. The van der Waals surface area contributed by atoms with E-state index in [1.54, 1.807) is 18.2 Å². The monoisotopic (exact) mass is 268 g/mol. The van der Waals surface area contributed by atoms with Gasteiger partial charge in [0.25, 0.3) is 0 Å². The summed E-state index contributed by atoms with van der Waals surface area (Å²) in [4.78, 5) is 11.4. The van der Waals surface area contributed by atoms with Gasteiger partial charge in [-0.1, -0.05) is 17.7 Å². The van der Waals surface area contributed by atoms with Crippen LogP contribution in [0, 0.1) is 13.8 Å². The van der Waals surface area contributed by atoms with Crippen LogP contribution in [0.2, 0.25) is 0 Å². The van der Waals surface area contributed by atoms with Gasteiger partial charge < -0.3 is 4.74 Å². The van der Waals surface area contributed by atoms with E-state index in [0.29, 0.717) is 5.56 Å². The van der Waals surface area contributed by atoms with Crippen molar-refractivity contribution in [1.29, 1.82) is 0 Å². The first-order valence-electron chi connectivity index (χ1n) is 6.27. The molecular formula is C16H16N2O2. The fraction of sp³-hybridized carbons (Fsp3) is 0.188. The number of azo groups is 1. The van der Waals surface area contributed by atoms with Gasteiger partial charge in [0, 0.05) is 0 Å². The van der Waals surface area contributed by atoms with Gasteiger partial charge in [-0.25, -0.2) is 4.79 Å². The lowest BCUT2D eigenvalue weighted by atomic mass is 10.1. The minimum absolute atomic E-state index is 0.352. The highest BCUT2D eigenvalue weighted by atomic mass is 16.5. The Hall–Kier alpha value is -2.49. The number of methoxy groups -OCH3 is 1. The molecule has 2 rings (SSSR count). The Morgan fingerprint density at radius 1 is 1.00 bits per heavy atom. The number of nitrogens with zero attached hydrogens (tertiary/aromatic N) is 2. The second-order valence-electron chi connectivity index (χ2n) is 4.53. The normalized spacial score (nSPS) is 10.8. The molecule has 0 unspecified atom stereocenters. The molecule has 4 heteroatoms. The molecule has 20 heavy (non-hydrogen) atoms. The van der Waals surface area contributed by atoms with Crippen LogP contribution < -0.4 is 0 Å². The summed E-state index contributed by atoms with van der Waals surface area (Å²) in [6.45, 7) is 3.91. The third-order valence-corrected chi connectivity index (χ3v) is 2.93. The molecule has 0 fully saturated rings. The first-order valence-corrected chi connectivity index (χ1v) is 6.27. The second kappa shape index (κ2) is 6.10. The molecule has 0 radical (unpaired) electrons. The van der Waals surface area contributed by atoms with Crippen LogP contribution in [0.4, 0.5) is 11.4 Å². The van der Waals surface area contributed by atoms with E-state index in [1.165, 1.54) is 12.7 Å². The Balaban J connectivity index is 2.21. The molecule has 0 aliphatic rings. The lowest BCUT2D eigenvalue weighted by molar-refractivity contribution is 0.0600. The number of benzene rings is 2. The Kier molecular flexibility index (Phi) is 4.25. The van der Waals surface area contributed by atoms with E-state index < -0.39 is 0 Å². The number of hydrogen-bond donors (Lipinski definition) is 0. The lowest BCUT2D eigenvalue weighted by Crippen LogP contribution is -2.00. The second-order valence-corrected chi connectivity index (χ2v) is 4.53. The molecule has 0 heterocycles. The molecule has 0 saturated carbocycles. The minimum atomic E-state index is -0.352. The van der Waals surface area contributed by atoms with Crippen LogP contribution >= 0.6 is 0 Å². The van der Waals surface area contributed by atoms with Gasteiger partial charge in [0.15, 0.2) is 0 Å². The first-order chi connectivity index (χ1) is 9.60. The molecule has 0 saturated heterocycles. The van der Waals surface area contributed by atoms with Gasteiger partial charge in [-0.3, -0.25) is 0 Å². The van der Waals surface area contributed by atoms with Gasteiger partial charge in [-0.15, -0.1) is 0 Å². The molecule has 0 atom stereocenters. The Labute approximate surface area is 118 Å². The number of esters is 1. The molecule has 0 aromatic heterocycles. The summed E-state index contributed by atoms with van der Waals surface area (Å²) in [6, 6.07) is 13.0. The lowest BCUT2D eigenvalue weighted by Gasteiger charge is -2.03. The number of rotatable bonds is 3. The standard InChI is InChI=1S/C16H16N2O2/c1-11-4-7-14(8-5-11)17-18-15-9-6-13(10-12(15)2)16(19)20-3/h4-10H,1-3H3. The molecule has 4 nitrogen and oxygen atoms in total. The summed E-state index contributed by atoms with van der Waals surface area (Å²) >= 11 is 0. The highest BCUT2D eigenvalue weighted by Gasteiger charge is 2.07. The van der Waals surface area contributed by atoms with E-state index in [1.807, 2.05) is 38.1 Å². The van der Waals surface area contributed by atoms with Crippen LogP contribution in [-0.2, 0) is 4.74 Å². The molecule has 0 spiro atoms. The van der Waals surface area contributed by atoms with Crippen molar-refractivity contribution < 1.29 is 9.53 Å². The molecular weight excluding hydrogens is 252 g/mol. The van der Waals surface area contributed by atoms with E-state index in [4.69, 9.17) is 0 Å². The summed E-state index contributed by atoms with van der Waals surface area (Å²) < 4.78 is 4.68. The topological polar surface area (TPSA) is 51.0 Å². The predicted octanol–water partition coefficient (Wildman–Crippen LogP) is 4.51. The van der Waals surface area contributed by atoms with Crippen molar-refractivity contribution in [2.24, 2.45) is 10.2 Å². The summed E-state index contributed by atoms with van der Waals surface area (Å²) in [5.74, 6) is -0.352. The molecule has 0 bridgehead atoms. The minimum Gasteiger partial charge on any atom is -0.465 e. The van der Waals surface area contributed by atoms with Gasteiger partial charge in [0.05, 0.1) is 24.0 Å². The number of carbonyl (C=O) groups is 1. The maximum absolute atomic E-state index is 11.4. The third-order valence-electron chi connectivity index (χ3n) is 2.93. The Morgan fingerprint density at radius 3 is 2.30 bits per heavy atom. The zero-order valence-electron chi connectivity index (χ0n) is 11.8. The summed E-state index contributed by atoms with van der Waals surface area (Å²) in [7, 11) is 1.36. The number of carbonyl (C=O) groups excluding carboxylic acids is 1. The number of aryl methyl sites for hydroxylation is 2. The van der Waals surface area contributed by atoms with Crippen molar-refractivity contribution >= 4 is 17.3 Å². The Morgan fingerprint density at radius 2 is 1.70 bits per heavy atom. The van der Waals surface area contributed by atoms with Crippen molar-refractivity contribution in [2.45, 2.75) is 13.8 Å². The molecule has 2 aromatic carbocycles. The van der Waals surface area contributed by atoms with Crippen LogP contribution in [-0.4, -0.2) is 13.1 Å². The van der Waals surface area contributed by atoms with Gasteiger partial charge >= 0.3 is 5.97 Å². The highest BCUT2D eigenvalue weighted by Crippen LogP contribution is 2.23. The van der Waals surface area contributed by atoms with Crippen molar-refractivity contribution in [1.82, 2.24) is 0 Å². The van der Waals surface area contributed by atoms with Crippen LogP contribution in [0.3, 0.4) is 0 Å². The number of hydrogen-bond acceptors (Lipinski definition) is 4. The largest absolute Gasteiger partial charge is 0.465 e. The van der Waals surface area contributed by atoms with Crippen molar-refractivity contribution in [3.8, 4) is 0 Å². The molecule has 0 N–H and O–H groups in total. The quantitative estimate of drug-likeness (QED) is 0.607. The number of ether oxygens (including phenoxy) is 1. The van der Waals surface area contributed by atoms with E-state index in [2.05, 4.69) is 15.0 Å². The molecule has 2 aromatic rings. The summed E-state index contributed by atoms with van der Waals surface area (Å²) in [6.07, 6.45) is 0.